The van der Waals surface area contributed by atoms with Crippen molar-refractivity contribution in [2.24, 2.45) is 0 Å². The molecule has 0 bridgehead atoms. The second kappa shape index (κ2) is 7.70. The summed E-state index contributed by atoms with van der Waals surface area (Å²) >= 11 is 11.9. The summed E-state index contributed by atoms with van der Waals surface area (Å²) in [5, 5.41) is 11.2. The third kappa shape index (κ3) is 5.04. The highest BCUT2D eigenvalue weighted by Gasteiger charge is 2.22. The lowest BCUT2D eigenvalue weighted by molar-refractivity contribution is 0.0385. The minimum atomic E-state index is -2.30. The van der Waals surface area contributed by atoms with Crippen molar-refractivity contribution in [3.8, 4) is 0 Å². The van der Waals surface area contributed by atoms with Crippen LogP contribution >= 0.6 is 23.2 Å². The maximum absolute atomic E-state index is 12.3. The first-order valence-corrected chi connectivity index (χ1v) is 7.57. The zero-order chi connectivity index (χ0) is 15.4. The molecule has 118 valence electrons. The van der Waals surface area contributed by atoms with Crippen LogP contribution in [-0.2, 0) is 0 Å². The zero-order valence-corrected chi connectivity index (χ0v) is 13.0. The molecule has 1 aromatic rings. The zero-order valence-electron chi connectivity index (χ0n) is 11.5. The fourth-order valence-corrected chi connectivity index (χ4v) is 3.00. The molecule has 0 radical (unpaired) electrons. The maximum Gasteiger partial charge on any atom is 0.251 e. The van der Waals surface area contributed by atoms with Crippen LogP contribution in [0.1, 0.15) is 11.7 Å². The van der Waals surface area contributed by atoms with Gasteiger partial charge in [0.2, 0.25) is 0 Å². The number of benzene rings is 1. The van der Waals surface area contributed by atoms with Gasteiger partial charge in [-0.25, -0.2) is 8.78 Å². The quantitative estimate of drug-likeness (QED) is 0.894. The van der Waals surface area contributed by atoms with Crippen LogP contribution in [0.25, 0.3) is 0 Å². The number of hydrogen-bond acceptors (Lipinski definition) is 3. The number of nitrogens with zero attached hydrogens (tertiary/aromatic N) is 2. The number of alkyl halides is 2. The summed E-state index contributed by atoms with van der Waals surface area (Å²) in [4.78, 5) is 3.79. The molecule has 1 unspecified atom stereocenters. The minimum absolute atomic E-state index is 0.181. The monoisotopic (exact) mass is 338 g/mol. The molecule has 1 aliphatic heterocycles. The molecule has 1 saturated heterocycles. The van der Waals surface area contributed by atoms with Crippen molar-refractivity contribution in [1.82, 2.24) is 9.80 Å². The Hall–Kier alpha value is -0.460. The van der Waals surface area contributed by atoms with Gasteiger partial charge < -0.3 is 5.11 Å². The molecule has 3 nitrogen and oxygen atoms in total. The van der Waals surface area contributed by atoms with Gasteiger partial charge in [0.15, 0.2) is 0 Å². The summed E-state index contributed by atoms with van der Waals surface area (Å²) in [6.07, 6.45) is -3.01. The Morgan fingerprint density at radius 2 is 1.62 bits per heavy atom. The van der Waals surface area contributed by atoms with Gasteiger partial charge in [-0.1, -0.05) is 29.3 Å². The summed E-state index contributed by atoms with van der Waals surface area (Å²) in [7, 11) is 0. The fraction of sp³-hybridized carbons (Fsp3) is 0.571. The number of aliphatic hydroxyl groups is 1. The van der Waals surface area contributed by atoms with E-state index in [1.54, 1.807) is 23.1 Å². The van der Waals surface area contributed by atoms with Crippen molar-refractivity contribution >= 4 is 23.2 Å². The molecule has 21 heavy (non-hydrogen) atoms. The average molecular weight is 339 g/mol. The highest BCUT2D eigenvalue weighted by molar-refractivity contribution is 6.35. The molecule has 1 aliphatic rings. The van der Waals surface area contributed by atoms with E-state index in [9.17, 15) is 13.9 Å². The first-order valence-electron chi connectivity index (χ1n) is 6.81. The second-order valence-electron chi connectivity index (χ2n) is 5.17. The normalized spacial score (nSPS) is 19.1. The van der Waals surface area contributed by atoms with Crippen molar-refractivity contribution in [2.45, 2.75) is 12.5 Å². The van der Waals surface area contributed by atoms with E-state index in [0.29, 0.717) is 48.3 Å². The molecule has 2 rings (SSSR count). The van der Waals surface area contributed by atoms with Crippen molar-refractivity contribution in [3.05, 3.63) is 33.8 Å². The maximum atomic E-state index is 12.3. The third-order valence-corrected chi connectivity index (χ3v) is 4.18. The van der Waals surface area contributed by atoms with Crippen LogP contribution in [-0.4, -0.2) is 60.6 Å². The fourth-order valence-electron chi connectivity index (χ4n) is 2.46. The Morgan fingerprint density at radius 3 is 2.14 bits per heavy atom. The van der Waals surface area contributed by atoms with E-state index < -0.39 is 12.5 Å². The van der Waals surface area contributed by atoms with Crippen LogP contribution < -0.4 is 0 Å². The lowest BCUT2D eigenvalue weighted by Gasteiger charge is -2.35. The Kier molecular flexibility index (Phi) is 6.20. The minimum Gasteiger partial charge on any atom is -0.387 e. The topological polar surface area (TPSA) is 26.7 Å². The van der Waals surface area contributed by atoms with Crippen molar-refractivity contribution in [1.29, 1.82) is 0 Å². The van der Waals surface area contributed by atoms with Gasteiger partial charge >= 0.3 is 0 Å². The number of hydrogen-bond donors (Lipinski definition) is 1. The number of halogens is 4. The molecule has 0 aromatic heterocycles. The molecule has 1 aromatic carbocycles. The predicted molar refractivity (Wildman–Crippen MR) is 80.3 cm³/mol. The molecule has 1 atom stereocenters. The SMILES string of the molecule is OC(CN1CCN(CC(F)F)CC1)c1ccc(Cl)cc1Cl. The standard InChI is InChI=1S/C14H18Cl2F2N2O/c15-10-1-2-11(12(16)7-10)13(21)8-19-3-5-20(6-4-19)9-14(17)18/h1-2,7,13-14,21H,3-6,8-9H2. The van der Waals surface area contributed by atoms with Gasteiger partial charge in [0.1, 0.15) is 0 Å². The van der Waals surface area contributed by atoms with Crippen LogP contribution in [0.3, 0.4) is 0 Å². The molecule has 1 N–H and O–H groups in total. The Labute approximate surface area is 133 Å². The van der Waals surface area contributed by atoms with E-state index in [2.05, 4.69) is 4.90 Å². The van der Waals surface area contributed by atoms with Crippen molar-refractivity contribution in [2.75, 3.05) is 39.3 Å². The van der Waals surface area contributed by atoms with Crippen LogP contribution in [0.5, 0.6) is 0 Å². The van der Waals surface area contributed by atoms with Crippen LogP contribution in [0.4, 0.5) is 8.78 Å². The first-order chi connectivity index (χ1) is 9.95. The van der Waals surface area contributed by atoms with E-state index in [0.717, 1.165) is 0 Å². The van der Waals surface area contributed by atoms with Crippen molar-refractivity contribution < 1.29 is 13.9 Å². The van der Waals surface area contributed by atoms with Gasteiger partial charge in [-0.2, -0.15) is 0 Å². The van der Waals surface area contributed by atoms with Crippen LogP contribution in [0.2, 0.25) is 10.0 Å². The molecule has 1 fully saturated rings. The Balaban J connectivity index is 1.85. The van der Waals surface area contributed by atoms with Gasteiger partial charge in [0.05, 0.1) is 12.6 Å². The van der Waals surface area contributed by atoms with E-state index in [4.69, 9.17) is 23.2 Å². The van der Waals surface area contributed by atoms with E-state index >= 15 is 0 Å². The van der Waals surface area contributed by atoms with Gasteiger partial charge in [0.25, 0.3) is 6.43 Å². The summed E-state index contributed by atoms with van der Waals surface area (Å²) in [5.74, 6) is 0. The lowest BCUT2D eigenvalue weighted by Crippen LogP contribution is -2.48. The van der Waals surface area contributed by atoms with Crippen LogP contribution in [0, 0.1) is 0 Å². The molecule has 0 spiro atoms. The molecule has 0 aliphatic carbocycles. The summed E-state index contributed by atoms with van der Waals surface area (Å²) in [6, 6.07) is 5.00. The summed E-state index contributed by atoms with van der Waals surface area (Å²) in [6.45, 7) is 2.75. The van der Waals surface area contributed by atoms with E-state index in [1.165, 1.54) is 0 Å². The first kappa shape index (κ1) is 16.9. The molecular formula is C14H18Cl2F2N2O. The smallest absolute Gasteiger partial charge is 0.251 e. The lowest BCUT2D eigenvalue weighted by atomic mass is 10.1. The Morgan fingerprint density at radius 1 is 1.05 bits per heavy atom. The Bertz CT molecular complexity index is 468. The van der Waals surface area contributed by atoms with Gasteiger partial charge in [-0.05, 0) is 12.1 Å². The predicted octanol–water partition coefficient (Wildman–Crippen LogP) is 2.91. The summed E-state index contributed by atoms with van der Waals surface area (Å²) < 4.78 is 24.6. The average Bonchev–Trinajstić information content (AvgIpc) is 2.40. The van der Waals surface area contributed by atoms with E-state index in [1.807, 2.05) is 0 Å². The van der Waals surface area contributed by atoms with Gasteiger partial charge in [-0.3, -0.25) is 9.80 Å². The molecule has 1 heterocycles. The van der Waals surface area contributed by atoms with E-state index in [-0.39, 0.29) is 6.54 Å². The molecule has 0 amide bonds. The third-order valence-electron chi connectivity index (χ3n) is 3.61. The second-order valence-corrected chi connectivity index (χ2v) is 6.02. The van der Waals surface area contributed by atoms with Crippen LogP contribution in [0.15, 0.2) is 18.2 Å². The number of aliphatic hydroxyl groups excluding tert-OH is 1. The largest absolute Gasteiger partial charge is 0.387 e. The van der Waals surface area contributed by atoms with Crippen molar-refractivity contribution in [3.63, 3.8) is 0 Å². The van der Waals surface area contributed by atoms with Gasteiger partial charge in [0, 0.05) is 48.3 Å². The number of β-amino-alcohol motifs (C(OH)–C–C–N with tert-alkyl or cyclic N) is 1. The highest BCUT2D eigenvalue weighted by atomic mass is 35.5. The molecule has 0 saturated carbocycles. The summed E-state index contributed by atoms with van der Waals surface area (Å²) in [5.41, 5.74) is 0.635. The highest BCUT2D eigenvalue weighted by Crippen LogP contribution is 2.27. The number of rotatable bonds is 5. The molecular weight excluding hydrogens is 321 g/mol. The number of piperazine rings is 1. The molecule has 7 heteroatoms. The van der Waals surface area contributed by atoms with Gasteiger partial charge in [-0.15, -0.1) is 0 Å².